The van der Waals surface area contributed by atoms with Crippen LogP contribution >= 0.6 is 0 Å². The molecule has 2 N–H and O–H groups in total. The normalized spacial score (nSPS) is 33.8. The van der Waals surface area contributed by atoms with Gasteiger partial charge in [0, 0.05) is 24.7 Å². The third-order valence-electron chi connectivity index (χ3n) is 15.7. The van der Waals surface area contributed by atoms with Gasteiger partial charge in [0.1, 0.15) is 17.8 Å². The second-order valence-corrected chi connectivity index (χ2v) is 22.7. The minimum Gasteiger partial charge on any atom is -0.462 e. The zero-order valence-corrected chi connectivity index (χ0v) is 38.3. The van der Waals surface area contributed by atoms with Crippen LogP contribution in [0, 0.1) is 51.2 Å². The third-order valence-corrected chi connectivity index (χ3v) is 15.7. The molecule has 9 rings (SSSR count). The maximum atomic E-state index is 12.5. The molecule has 3 unspecified atom stereocenters. The van der Waals surface area contributed by atoms with Gasteiger partial charge in [-0.3, -0.25) is 14.4 Å². The van der Waals surface area contributed by atoms with E-state index in [9.17, 15) is 34.2 Å². The van der Waals surface area contributed by atoms with Crippen molar-refractivity contribution < 1.29 is 57.9 Å². The van der Waals surface area contributed by atoms with E-state index in [0.717, 1.165) is 43.9 Å². The van der Waals surface area contributed by atoms with E-state index < -0.39 is 63.7 Å². The Balaban J connectivity index is 0. The fourth-order valence-corrected chi connectivity index (χ4v) is 11.2. The van der Waals surface area contributed by atoms with Gasteiger partial charge in [-0.15, -0.1) is 0 Å². The summed E-state index contributed by atoms with van der Waals surface area (Å²) in [7, 11) is 0. The lowest BCUT2D eigenvalue weighted by atomic mass is 9.50. The summed E-state index contributed by atoms with van der Waals surface area (Å²) < 4.78 is 26.8. The van der Waals surface area contributed by atoms with E-state index in [1.54, 1.807) is 27.7 Å². The number of rotatable bonds is 11. The van der Waals surface area contributed by atoms with Crippen LogP contribution < -0.4 is 0 Å². The number of esters is 5. The van der Waals surface area contributed by atoms with E-state index in [1.165, 1.54) is 32.1 Å². The SMILES string of the molecule is C.C.C.C.C.C.CCC(C)(C)C(=O)OC1(C)C2CC3CC(C2)CC1C3.CCC(C)(C)C(=O)OC12CC3CC(O)(CC(O)(C3)C1)C2.CCC(C)(C)C(=O)OCC(=O)OC1C(=O)OCC1(C)C. The van der Waals surface area contributed by atoms with Crippen molar-refractivity contribution in [2.75, 3.05) is 13.2 Å². The average Bonchev–Trinajstić information content (AvgIpc) is 3.38. The number of hydrogen-bond donors (Lipinski definition) is 2. The van der Waals surface area contributed by atoms with Gasteiger partial charge in [-0.05, 0) is 149 Å². The lowest BCUT2D eigenvalue weighted by Crippen LogP contribution is -2.67. The summed E-state index contributed by atoms with van der Waals surface area (Å²) >= 11 is 0. The van der Waals surface area contributed by atoms with Crippen molar-refractivity contribution in [1.82, 2.24) is 0 Å². The Morgan fingerprint density at radius 3 is 1.42 bits per heavy atom. The average molecular weight is 929 g/mol. The molecule has 8 bridgehead atoms. The quantitative estimate of drug-likeness (QED) is 0.149. The van der Waals surface area contributed by atoms with Crippen molar-refractivity contribution in [1.29, 1.82) is 0 Å². The molecule has 0 spiro atoms. The van der Waals surface area contributed by atoms with Gasteiger partial charge in [0.25, 0.3) is 0 Å². The first kappa shape index (κ1) is 64.4. The third kappa shape index (κ3) is 13.9. The van der Waals surface area contributed by atoms with Crippen LogP contribution in [-0.2, 0) is 47.7 Å². The predicted molar refractivity (Wildman–Crippen MR) is 260 cm³/mol. The van der Waals surface area contributed by atoms with E-state index in [2.05, 4.69) is 13.8 Å². The van der Waals surface area contributed by atoms with E-state index in [-0.39, 0.29) is 80.0 Å². The number of carbonyl (C=O) groups excluding carboxylic acids is 5. The standard InChI is InChI=1S/C17H28O2.C16H26O4.C14H22O6.6CH4/c1-5-16(2,3)15(18)19-17(4)13-7-11-6-12(9-13)10-14(17)8-11;1-4-13(2,3)12(17)20-16-7-11-5-14(18,9-16)8-15(19,6-11)10-16;1-6-13(2,3)12(17)18-7-9(15)20-10-11(16)19-8-14(10,4)5;;;;;;/h11-14H,5-10H2,1-4H3;11,18-19H,4-10H2,1-3H3;10H,6-8H2,1-5H3;6*1H4. The monoisotopic (exact) mass is 929 g/mol. The molecule has 1 aliphatic heterocycles. The van der Waals surface area contributed by atoms with Crippen molar-refractivity contribution in [2.24, 2.45) is 51.2 Å². The van der Waals surface area contributed by atoms with Crippen LogP contribution in [0.15, 0.2) is 0 Å². The van der Waals surface area contributed by atoms with E-state index in [0.29, 0.717) is 37.5 Å². The topological polar surface area (TPSA) is 172 Å². The van der Waals surface area contributed by atoms with Gasteiger partial charge in [0.15, 0.2) is 6.61 Å². The van der Waals surface area contributed by atoms with Crippen LogP contribution in [-0.4, -0.2) is 81.8 Å². The molecule has 8 saturated carbocycles. The fourth-order valence-electron chi connectivity index (χ4n) is 11.2. The second-order valence-electron chi connectivity index (χ2n) is 22.7. The summed E-state index contributed by atoms with van der Waals surface area (Å²) in [4.78, 5) is 59.7. The van der Waals surface area contributed by atoms with E-state index in [4.69, 9.17) is 23.7 Å². The summed E-state index contributed by atoms with van der Waals surface area (Å²) in [5.74, 6) is 1.41. The molecule has 1 saturated heterocycles. The minimum absolute atomic E-state index is 0. The molecule has 1 heterocycles. The molecule has 8 aliphatic carbocycles. The molecule has 12 heteroatoms. The Labute approximate surface area is 397 Å². The molecular weight excluding hydrogens is 829 g/mol. The highest BCUT2D eigenvalue weighted by Gasteiger charge is 2.65. The highest BCUT2D eigenvalue weighted by molar-refractivity contribution is 5.84. The summed E-state index contributed by atoms with van der Waals surface area (Å²) in [6.07, 6.45) is 11.5. The first-order chi connectivity index (χ1) is 27.0. The molecular formula is C53H100O12. The minimum atomic E-state index is -0.951. The summed E-state index contributed by atoms with van der Waals surface area (Å²) in [5.41, 5.74) is -4.56. The highest BCUT2D eigenvalue weighted by Crippen LogP contribution is 2.61. The molecule has 65 heavy (non-hydrogen) atoms. The smallest absolute Gasteiger partial charge is 0.348 e. The fraction of sp³-hybridized carbons (Fsp3) is 0.906. The molecule has 0 amide bonds. The zero-order valence-electron chi connectivity index (χ0n) is 38.3. The lowest BCUT2D eigenvalue weighted by molar-refractivity contribution is -0.264. The zero-order chi connectivity index (χ0) is 44.2. The van der Waals surface area contributed by atoms with Gasteiger partial charge >= 0.3 is 29.8 Å². The predicted octanol–water partition coefficient (Wildman–Crippen LogP) is 11.6. The van der Waals surface area contributed by atoms with Gasteiger partial charge in [-0.1, -0.05) is 79.2 Å². The first-order valence-electron chi connectivity index (χ1n) is 22.5. The maximum absolute atomic E-state index is 12.5. The Kier molecular flexibility index (Phi) is 22.4. The lowest BCUT2D eigenvalue weighted by Gasteiger charge is -2.62. The first-order valence-corrected chi connectivity index (χ1v) is 22.5. The van der Waals surface area contributed by atoms with Crippen molar-refractivity contribution in [3.63, 3.8) is 0 Å². The Morgan fingerprint density at radius 1 is 0.615 bits per heavy atom. The molecule has 384 valence electrons. The van der Waals surface area contributed by atoms with E-state index >= 15 is 0 Å². The Morgan fingerprint density at radius 2 is 1.03 bits per heavy atom. The molecule has 3 atom stereocenters. The van der Waals surface area contributed by atoms with Crippen molar-refractivity contribution in [3.8, 4) is 0 Å². The number of cyclic esters (lactones) is 1. The Hall–Kier alpha value is -2.73. The van der Waals surface area contributed by atoms with Crippen LogP contribution in [0.4, 0.5) is 0 Å². The molecule has 9 fully saturated rings. The maximum Gasteiger partial charge on any atom is 0.348 e. The number of hydrogen-bond acceptors (Lipinski definition) is 12. The number of ether oxygens (including phenoxy) is 5. The molecule has 0 aromatic rings. The van der Waals surface area contributed by atoms with E-state index in [1.807, 2.05) is 41.5 Å². The van der Waals surface area contributed by atoms with Gasteiger partial charge in [-0.2, -0.15) is 0 Å². The van der Waals surface area contributed by atoms with Crippen LogP contribution in [0.3, 0.4) is 0 Å². The summed E-state index contributed by atoms with van der Waals surface area (Å²) in [6.45, 7) is 22.6. The molecule has 0 aromatic carbocycles. The Bertz CT molecular complexity index is 1560. The molecule has 9 aliphatic rings. The van der Waals surface area contributed by atoms with Crippen LogP contribution in [0.5, 0.6) is 0 Å². The van der Waals surface area contributed by atoms with Gasteiger partial charge in [0.2, 0.25) is 6.10 Å². The van der Waals surface area contributed by atoms with Crippen LogP contribution in [0.1, 0.15) is 218 Å². The summed E-state index contributed by atoms with van der Waals surface area (Å²) in [6, 6.07) is 0. The van der Waals surface area contributed by atoms with Gasteiger partial charge < -0.3 is 33.9 Å². The van der Waals surface area contributed by atoms with Gasteiger partial charge in [0.05, 0.1) is 27.4 Å². The largest absolute Gasteiger partial charge is 0.462 e. The van der Waals surface area contributed by atoms with Crippen molar-refractivity contribution >= 4 is 29.8 Å². The number of carbonyl (C=O) groups is 5. The van der Waals surface area contributed by atoms with Gasteiger partial charge in [-0.25, -0.2) is 9.59 Å². The van der Waals surface area contributed by atoms with Crippen LogP contribution in [0.25, 0.3) is 0 Å². The molecule has 0 radical (unpaired) electrons. The summed E-state index contributed by atoms with van der Waals surface area (Å²) in [5, 5.41) is 21.3. The number of aliphatic hydroxyl groups is 2. The van der Waals surface area contributed by atoms with Crippen molar-refractivity contribution in [2.45, 2.75) is 246 Å². The molecule has 12 nitrogen and oxygen atoms in total. The highest BCUT2D eigenvalue weighted by atomic mass is 16.6. The molecule has 0 aromatic heterocycles. The van der Waals surface area contributed by atoms with Crippen molar-refractivity contribution in [3.05, 3.63) is 0 Å². The van der Waals surface area contributed by atoms with Crippen LogP contribution in [0.2, 0.25) is 0 Å². The second kappa shape index (κ2) is 22.6.